The van der Waals surface area contributed by atoms with E-state index in [2.05, 4.69) is 0 Å². The van der Waals surface area contributed by atoms with Crippen molar-refractivity contribution in [2.75, 3.05) is 0 Å². The summed E-state index contributed by atoms with van der Waals surface area (Å²) in [7, 11) is 0. The van der Waals surface area contributed by atoms with Crippen LogP contribution in [0, 0.1) is 0 Å². The molecule has 1 amide bonds. The smallest absolute Gasteiger partial charge is 0.435 e. The summed E-state index contributed by atoms with van der Waals surface area (Å²) < 4.78 is 5.27. The minimum atomic E-state index is -0.988. The Balaban J connectivity index is 2.16. The summed E-state index contributed by atoms with van der Waals surface area (Å²) in [5, 5.41) is 10.7. The molecule has 1 saturated heterocycles. The lowest BCUT2D eigenvalue weighted by Gasteiger charge is -2.26. The van der Waals surface area contributed by atoms with E-state index >= 15 is 0 Å². The van der Waals surface area contributed by atoms with Crippen molar-refractivity contribution in [3.8, 4) is 0 Å². The van der Waals surface area contributed by atoms with E-state index in [0.29, 0.717) is 6.42 Å². The van der Waals surface area contributed by atoms with Crippen molar-refractivity contribution in [2.45, 2.75) is 45.1 Å². The van der Waals surface area contributed by atoms with Gasteiger partial charge in [0.25, 0.3) is 0 Å². The number of carbonyl (C=O) groups is 1. The van der Waals surface area contributed by atoms with E-state index in [4.69, 9.17) is 9.57 Å². The van der Waals surface area contributed by atoms with Crippen molar-refractivity contribution in [1.29, 1.82) is 0 Å². The molecule has 0 spiro atoms. The lowest BCUT2D eigenvalue weighted by Crippen LogP contribution is -2.36. The second kappa shape index (κ2) is 5.19. The topological polar surface area (TPSA) is 59.0 Å². The molecule has 0 unspecified atom stereocenters. The fourth-order valence-electron chi connectivity index (χ4n) is 1.96. The fraction of sp³-hybridized carbons (Fsp3) is 0.500. The van der Waals surface area contributed by atoms with Gasteiger partial charge in [-0.25, -0.2) is 9.63 Å². The lowest BCUT2D eigenvalue weighted by molar-refractivity contribution is -0.207. The standard InChI is InChI=1S/C14H19NO4/c1-14(2,3)18-13(17)15-11(9-12(16)19-15)10-7-5-4-6-8-10/h4-8,11-12,16H,9H2,1-3H3/t11-,12-/m0/s1. The fourth-order valence-corrected chi connectivity index (χ4v) is 1.96. The van der Waals surface area contributed by atoms with Crippen LogP contribution in [-0.2, 0) is 9.57 Å². The molecule has 0 aliphatic carbocycles. The Labute approximate surface area is 112 Å². The molecular formula is C14H19NO4. The molecule has 0 saturated carbocycles. The molecule has 0 radical (unpaired) electrons. The van der Waals surface area contributed by atoms with Gasteiger partial charge < -0.3 is 9.84 Å². The van der Waals surface area contributed by atoms with Crippen LogP contribution < -0.4 is 0 Å². The number of hydrogen-bond acceptors (Lipinski definition) is 4. The third kappa shape index (κ3) is 3.45. The first-order valence-electron chi connectivity index (χ1n) is 6.29. The zero-order valence-corrected chi connectivity index (χ0v) is 11.4. The molecule has 19 heavy (non-hydrogen) atoms. The Morgan fingerprint density at radius 3 is 2.58 bits per heavy atom. The zero-order chi connectivity index (χ0) is 14.0. The first-order chi connectivity index (χ1) is 8.87. The third-order valence-corrected chi connectivity index (χ3v) is 2.70. The predicted molar refractivity (Wildman–Crippen MR) is 69.0 cm³/mol. The van der Waals surface area contributed by atoms with Gasteiger partial charge in [0.15, 0.2) is 6.29 Å². The summed E-state index contributed by atoms with van der Waals surface area (Å²) in [6.45, 7) is 5.36. The van der Waals surface area contributed by atoms with E-state index in [1.165, 1.54) is 0 Å². The van der Waals surface area contributed by atoms with Gasteiger partial charge in [0.2, 0.25) is 0 Å². The Hall–Kier alpha value is -1.59. The van der Waals surface area contributed by atoms with E-state index in [-0.39, 0.29) is 6.04 Å². The molecule has 5 nitrogen and oxygen atoms in total. The summed E-state index contributed by atoms with van der Waals surface area (Å²) in [5.74, 6) is 0. The average Bonchev–Trinajstić information content (AvgIpc) is 2.70. The van der Waals surface area contributed by atoms with Crippen LogP contribution in [0.5, 0.6) is 0 Å². The van der Waals surface area contributed by atoms with E-state index in [0.717, 1.165) is 10.6 Å². The highest BCUT2D eigenvalue weighted by Gasteiger charge is 2.39. The molecule has 5 heteroatoms. The molecule has 1 aromatic rings. The maximum Gasteiger partial charge on any atom is 0.435 e. The van der Waals surface area contributed by atoms with Crippen molar-refractivity contribution in [2.24, 2.45) is 0 Å². The SMILES string of the molecule is CC(C)(C)OC(=O)N1O[C@H](O)C[C@H]1c1ccccc1. The van der Waals surface area contributed by atoms with Gasteiger partial charge in [-0.2, -0.15) is 5.06 Å². The molecule has 104 valence electrons. The van der Waals surface area contributed by atoms with Crippen LogP contribution in [-0.4, -0.2) is 28.2 Å². The molecular weight excluding hydrogens is 246 g/mol. The largest absolute Gasteiger partial charge is 0.442 e. The Kier molecular flexibility index (Phi) is 3.78. The van der Waals surface area contributed by atoms with E-state index in [1.807, 2.05) is 30.3 Å². The molecule has 1 aliphatic rings. The number of ether oxygens (including phenoxy) is 1. The number of hydroxylamine groups is 2. The summed E-state index contributed by atoms with van der Waals surface area (Å²) in [5.41, 5.74) is 0.305. The molecule has 2 atom stereocenters. The third-order valence-electron chi connectivity index (χ3n) is 2.70. The van der Waals surface area contributed by atoms with Gasteiger partial charge >= 0.3 is 6.09 Å². The summed E-state index contributed by atoms with van der Waals surface area (Å²) in [6, 6.07) is 9.12. The van der Waals surface area contributed by atoms with Gasteiger partial charge in [0.05, 0.1) is 6.04 Å². The average molecular weight is 265 g/mol. The number of nitrogens with zero attached hydrogens (tertiary/aromatic N) is 1. The summed E-state index contributed by atoms with van der Waals surface area (Å²) in [6.07, 6.45) is -1.24. The molecule has 2 rings (SSSR count). The van der Waals surface area contributed by atoms with E-state index < -0.39 is 18.0 Å². The van der Waals surface area contributed by atoms with Crippen molar-refractivity contribution in [3.05, 3.63) is 35.9 Å². The van der Waals surface area contributed by atoms with Crippen molar-refractivity contribution < 1.29 is 19.5 Å². The van der Waals surface area contributed by atoms with Crippen LogP contribution in [0.3, 0.4) is 0 Å². The maximum absolute atomic E-state index is 12.1. The van der Waals surface area contributed by atoms with Crippen molar-refractivity contribution in [1.82, 2.24) is 5.06 Å². The zero-order valence-electron chi connectivity index (χ0n) is 11.4. The monoisotopic (exact) mass is 265 g/mol. The summed E-state index contributed by atoms with van der Waals surface area (Å²) >= 11 is 0. The molecule has 1 N–H and O–H groups in total. The first kappa shape index (κ1) is 13.8. The number of carbonyl (C=O) groups excluding carboxylic acids is 1. The van der Waals surface area contributed by atoms with Crippen LogP contribution in [0.2, 0.25) is 0 Å². The molecule has 1 heterocycles. The second-order valence-electron chi connectivity index (χ2n) is 5.53. The number of hydrogen-bond donors (Lipinski definition) is 1. The van der Waals surface area contributed by atoms with Gasteiger partial charge in [-0.05, 0) is 26.3 Å². The number of aliphatic hydroxyl groups is 1. The van der Waals surface area contributed by atoms with Gasteiger partial charge in [-0.1, -0.05) is 30.3 Å². The minimum Gasteiger partial charge on any atom is -0.442 e. The predicted octanol–water partition coefficient (Wildman–Crippen LogP) is 2.62. The van der Waals surface area contributed by atoms with Gasteiger partial charge in [-0.15, -0.1) is 0 Å². The maximum atomic E-state index is 12.1. The second-order valence-corrected chi connectivity index (χ2v) is 5.53. The highest BCUT2D eigenvalue weighted by atomic mass is 16.8. The van der Waals surface area contributed by atoms with Crippen LogP contribution >= 0.6 is 0 Å². The molecule has 1 fully saturated rings. The Morgan fingerprint density at radius 1 is 1.37 bits per heavy atom. The van der Waals surface area contributed by atoms with Crippen molar-refractivity contribution >= 4 is 6.09 Å². The molecule has 1 aromatic carbocycles. The van der Waals surface area contributed by atoms with Crippen LogP contribution in [0.25, 0.3) is 0 Å². The van der Waals surface area contributed by atoms with Crippen LogP contribution in [0.15, 0.2) is 30.3 Å². The number of aliphatic hydroxyl groups excluding tert-OH is 1. The van der Waals surface area contributed by atoms with Gasteiger partial charge in [0.1, 0.15) is 5.60 Å². The Bertz CT molecular complexity index is 441. The van der Waals surface area contributed by atoms with E-state index in [9.17, 15) is 9.90 Å². The number of benzene rings is 1. The molecule has 1 aliphatic heterocycles. The van der Waals surface area contributed by atoms with Crippen molar-refractivity contribution in [3.63, 3.8) is 0 Å². The van der Waals surface area contributed by atoms with Gasteiger partial charge in [-0.3, -0.25) is 0 Å². The minimum absolute atomic E-state index is 0.328. The first-order valence-corrected chi connectivity index (χ1v) is 6.29. The van der Waals surface area contributed by atoms with Crippen LogP contribution in [0.4, 0.5) is 4.79 Å². The van der Waals surface area contributed by atoms with E-state index in [1.54, 1.807) is 20.8 Å². The lowest BCUT2D eigenvalue weighted by atomic mass is 10.0. The number of amides is 1. The molecule has 0 aromatic heterocycles. The van der Waals surface area contributed by atoms with Crippen LogP contribution in [0.1, 0.15) is 38.8 Å². The Morgan fingerprint density at radius 2 is 2.00 bits per heavy atom. The number of rotatable bonds is 1. The van der Waals surface area contributed by atoms with Gasteiger partial charge in [0, 0.05) is 6.42 Å². The highest BCUT2D eigenvalue weighted by Crippen LogP contribution is 2.34. The quantitative estimate of drug-likeness (QED) is 0.848. The molecule has 0 bridgehead atoms. The highest BCUT2D eigenvalue weighted by molar-refractivity contribution is 5.67. The summed E-state index contributed by atoms with van der Waals surface area (Å²) in [4.78, 5) is 17.2. The normalized spacial score (nSPS) is 23.5.